The fraction of sp³-hybridized carbons (Fsp3) is 0.714. The van der Waals surface area contributed by atoms with Gasteiger partial charge in [-0.05, 0) is 6.92 Å². The maximum absolute atomic E-state index is 10.8. The van der Waals surface area contributed by atoms with E-state index < -0.39 is 6.47 Å². The zero-order valence-electron chi connectivity index (χ0n) is 7.86. The second-order valence-corrected chi connectivity index (χ2v) is 2.81. The first-order valence-corrected chi connectivity index (χ1v) is 3.44. The summed E-state index contributed by atoms with van der Waals surface area (Å²) < 4.78 is 4.97. The van der Waals surface area contributed by atoms with Crippen LogP contribution < -0.4 is 5.11 Å². The fourth-order valence-corrected chi connectivity index (χ4v) is 0.317. The molecule has 0 aliphatic rings. The van der Waals surface area contributed by atoms with Crippen molar-refractivity contribution < 1.29 is 23.9 Å². The van der Waals surface area contributed by atoms with Crippen LogP contribution in [0.1, 0.15) is 6.92 Å². The molecule has 0 aromatic carbocycles. The van der Waals surface area contributed by atoms with Crippen LogP contribution in [0.4, 0.5) is 4.79 Å². The topological polar surface area (TPSA) is 66.4 Å². The molecule has 0 heterocycles. The van der Waals surface area contributed by atoms with Crippen molar-refractivity contribution in [1.82, 2.24) is 0 Å². The smallest absolute Gasteiger partial charge is 0.515 e. The number of quaternary nitrogens is 1. The van der Waals surface area contributed by atoms with Crippen LogP contribution in [0.25, 0.3) is 0 Å². The van der Waals surface area contributed by atoms with Crippen molar-refractivity contribution in [3.05, 3.63) is 0 Å². The molecule has 0 atom stereocenters. The Kier molecular flexibility index (Phi) is 7.42. The summed E-state index contributed by atoms with van der Waals surface area (Å²) in [6.07, 6.45) is -0.197. The van der Waals surface area contributed by atoms with Gasteiger partial charge in [-0.1, -0.05) is 0 Å². The average molecular weight is 177 g/mol. The molecule has 72 valence electrons. The highest BCUT2D eigenvalue weighted by Gasteiger charge is 2.21. The Morgan fingerprint density at radius 2 is 1.83 bits per heavy atom. The number of rotatable bonds is 1. The summed E-state index contributed by atoms with van der Waals surface area (Å²) in [5, 5.41) is 8.25. The van der Waals surface area contributed by atoms with E-state index in [4.69, 9.17) is 14.6 Å². The number of ether oxygens (including phenoxy) is 1. The fourth-order valence-electron chi connectivity index (χ4n) is 0.317. The summed E-state index contributed by atoms with van der Waals surface area (Å²) >= 11 is 0. The Labute approximate surface area is 72.1 Å². The number of carbonyl (C=O) groups is 2. The maximum Gasteiger partial charge on any atom is 0.515 e. The lowest BCUT2D eigenvalue weighted by Crippen LogP contribution is -2.41. The monoisotopic (exact) mass is 177 g/mol. The van der Waals surface area contributed by atoms with Gasteiger partial charge in [0.15, 0.2) is 0 Å². The van der Waals surface area contributed by atoms with Gasteiger partial charge in [-0.15, -0.1) is 0 Å². The predicted molar refractivity (Wildman–Crippen MR) is 41.1 cm³/mol. The molecule has 5 nitrogen and oxygen atoms in total. The van der Waals surface area contributed by atoms with Crippen molar-refractivity contribution in [2.75, 3.05) is 27.7 Å². The number of hydrogen-bond acceptors (Lipinski definition) is 4. The molecule has 0 aromatic rings. The third-order valence-electron chi connectivity index (χ3n) is 0.816. The molecule has 1 amide bonds. The van der Waals surface area contributed by atoms with Crippen molar-refractivity contribution in [3.8, 4) is 0 Å². The summed E-state index contributed by atoms with van der Waals surface area (Å²) in [7, 11) is 5.33. The molecule has 0 fully saturated rings. The number of amides is 1. The quantitative estimate of drug-likeness (QED) is 0.389. The molecule has 0 bridgehead atoms. The summed E-state index contributed by atoms with van der Waals surface area (Å²) in [5.41, 5.74) is 0. The first-order chi connectivity index (χ1) is 5.40. The third kappa shape index (κ3) is 8.90. The van der Waals surface area contributed by atoms with Gasteiger partial charge in [0.05, 0.1) is 27.7 Å². The molecule has 0 aliphatic heterocycles. The van der Waals surface area contributed by atoms with Crippen LogP contribution in [0.2, 0.25) is 0 Å². The highest BCUT2D eigenvalue weighted by Crippen LogP contribution is 1.94. The van der Waals surface area contributed by atoms with Gasteiger partial charge in [0, 0.05) is 6.47 Å². The summed E-state index contributed by atoms with van der Waals surface area (Å²) in [4.78, 5) is 19.1. The van der Waals surface area contributed by atoms with Crippen LogP contribution in [-0.4, -0.2) is 44.8 Å². The normalized spacial score (nSPS) is 9.33. The lowest BCUT2D eigenvalue weighted by atomic mass is 10.7. The number of nitrogens with zero attached hydrogens (tertiary/aromatic N) is 1. The van der Waals surface area contributed by atoms with Gasteiger partial charge in [-0.3, -0.25) is 0 Å². The Morgan fingerprint density at radius 1 is 1.50 bits per heavy atom. The Morgan fingerprint density at radius 3 is 1.92 bits per heavy atom. The number of carbonyl (C=O) groups excluding carboxylic acids is 2. The zero-order valence-corrected chi connectivity index (χ0v) is 7.86. The van der Waals surface area contributed by atoms with E-state index in [1.165, 1.54) is 0 Å². The highest BCUT2D eigenvalue weighted by molar-refractivity contribution is 5.58. The maximum atomic E-state index is 10.8. The van der Waals surface area contributed by atoms with E-state index >= 15 is 0 Å². The minimum atomic E-state index is -0.500. The minimum Gasteiger partial charge on any atom is -0.554 e. The van der Waals surface area contributed by atoms with Gasteiger partial charge in [-0.2, -0.15) is 4.79 Å². The molecule has 0 saturated carbocycles. The van der Waals surface area contributed by atoms with Gasteiger partial charge >= 0.3 is 6.09 Å². The molecule has 5 heteroatoms. The second-order valence-electron chi connectivity index (χ2n) is 2.81. The molecule has 0 aliphatic carbocycles. The van der Waals surface area contributed by atoms with Crippen LogP contribution in [0.3, 0.4) is 0 Å². The molecular formula is C7H15NO4. The van der Waals surface area contributed by atoms with E-state index in [2.05, 4.69) is 0 Å². The van der Waals surface area contributed by atoms with E-state index in [1.54, 1.807) is 28.1 Å². The van der Waals surface area contributed by atoms with Crippen LogP contribution >= 0.6 is 0 Å². The zero-order chi connectivity index (χ0) is 10.2. The van der Waals surface area contributed by atoms with E-state index in [1.807, 2.05) is 0 Å². The van der Waals surface area contributed by atoms with Crippen LogP contribution in [0.15, 0.2) is 0 Å². The van der Waals surface area contributed by atoms with Gasteiger partial charge in [-0.25, -0.2) is 4.48 Å². The average Bonchev–Trinajstić information content (AvgIpc) is 1.88. The second kappa shape index (κ2) is 6.60. The molecular weight excluding hydrogens is 162 g/mol. The van der Waals surface area contributed by atoms with Gasteiger partial charge < -0.3 is 14.6 Å². The molecule has 0 spiro atoms. The van der Waals surface area contributed by atoms with Crippen LogP contribution in [0.5, 0.6) is 0 Å². The van der Waals surface area contributed by atoms with Crippen LogP contribution in [-0.2, 0) is 9.53 Å². The largest absolute Gasteiger partial charge is 0.554 e. The van der Waals surface area contributed by atoms with Crippen molar-refractivity contribution in [2.45, 2.75) is 6.92 Å². The lowest BCUT2D eigenvalue weighted by molar-refractivity contribution is -0.795. The van der Waals surface area contributed by atoms with Crippen LogP contribution in [0, 0.1) is 0 Å². The molecule has 12 heavy (non-hydrogen) atoms. The van der Waals surface area contributed by atoms with E-state index in [0.717, 1.165) is 0 Å². The standard InChI is InChI=1S/C6H14NO2.CH2O2/c1-5-9-6(8)7(2,3)4;2-1-3/h5H2,1-4H3;1H,(H,2,3)/q+1;/p-1. The Balaban J connectivity index is 0. The van der Waals surface area contributed by atoms with Crippen molar-refractivity contribution in [2.24, 2.45) is 0 Å². The summed E-state index contributed by atoms with van der Waals surface area (Å²) in [5.74, 6) is 0. The van der Waals surface area contributed by atoms with Gasteiger partial charge in [0.1, 0.15) is 0 Å². The first-order valence-electron chi connectivity index (χ1n) is 3.44. The molecule has 0 unspecified atom stereocenters. The molecule has 0 saturated heterocycles. The highest BCUT2D eigenvalue weighted by atomic mass is 16.6. The lowest BCUT2D eigenvalue weighted by Gasteiger charge is -2.18. The minimum absolute atomic E-state index is 0.197. The third-order valence-corrected chi connectivity index (χ3v) is 0.816. The van der Waals surface area contributed by atoms with Crippen molar-refractivity contribution in [3.63, 3.8) is 0 Å². The molecule has 0 rings (SSSR count). The Bertz CT molecular complexity index is 139. The number of hydrogen-bond donors (Lipinski definition) is 0. The predicted octanol–water partition coefficient (Wildman–Crippen LogP) is -0.785. The molecule has 0 aromatic heterocycles. The summed E-state index contributed by atoms with van der Waals surface area (Å²) in [6, 6.07) is 0. The molecule has 0 radical (unpaired) electrons. The van der Waals surface area contributed by atoms with Crippen molar-refractivity contribution >= 4 is 12.6 Å². The molecule has 0 N–H and O–H groups in total. The van der Waals surface area contributed by atoms with Gasteiger partial charge in [0.25, 0.3) is 0 Å². The number of carboxylic acid groups (broad SMARTS) is 1. The van der Waals surface area contributed by atoms with Gasteiger partial charge in [0.2, 0.25) is 0 Å². The summed E-state index contributed by atoms with van der Waals surface area (Å²) in [6.45, 7) is 1.75. The Hall–Kier alpha value is -1.10. The first kappa shape index (κ1) is 13.5. The SMILES string of the molecule is CCOC(=O)[N+](C)(C)C.O=C[O-]. The van der Waals surface area contributed by atoms with E-state index in [9.17, 15) is 4.79 Å². The van der Waals surface area contributed by atoms with Crippen molar-refractivity contribution in [1.29, 1.82) is 0 Å². The van der Waals surface area contributed by atoms with E-state index in [0.29, 0.717) is 6.61 Å². The van der Waals surface area contributed by atoms with E-state index in [-0.39, 0.29) is 10.6 Å².